The van der Waals surface area contributed by atoms with Crippen molar-refractivity contribution < 1.29 is 27.8 Å². The van der Waals surface area contributed by atoms with E-state index in [2.05, 4.69) is 5.10 Å². The van der Waals surface area contributed by atoms with Gasteiger partial charge < -0.3 is 9.84 Å². The second kappa shape index (κ2) is 6.45. The van der Waals surface area contributed by atoms with E-state index >= 15 is 0 Å². The Morgan fingerprint density at radius 2 is 1.88 bits per heavy atom. The summed E-state index contributed by atoms with van der Waals surface area (Å²) >= 11 is 0. The lowest BCUT2D eigenvalue weighted by molar-refractivity contribution is -0.0816. The molecule has 0 radical (unpaired) electrons. The molecule has 0 fully saturated rings. The van der Waals surface area contributed by atoms with Crippen LogP contribution >= 0.6 is 0 Å². The Bertz CT molecular complexity index is 852. The van der Waals surface area contributed by atoms with E-state index in [1.54, 1.807) is 24.3 Å². The maximum absolute atomic E-state index is 13.2. The van der Waals surface area contributed by atoms with Crippen LogP contribution in [0, 0.1) is 0 Å². The van der Waals surface area contributed by atoms with E-state index in [4.69, 9.17) is 4.74 Å². The van der Waals surface area contributed by atoms with Crippen LogP contribution in [0.15, 0.2) is 59.7 Å². The number of hydrazone groups is 1. The van der Waals surface area contributed by atoms with Gasteiger partial charge in [0.1, 0.15) is 11.5 Å². The number of methoxy groups -OCH3 is 1. The molecule has 26 heavy (non-hydrogen) atoms. The number of ether oxygens (including phenoxy) is 1. The summed E-state index contributed by atoms with van der Waals surface area (Å²) in [5.74, 6) is -0.501. The standard InChI is InChI=1S/C18H15F3N2O3/c1-26-14-9-5-8-13(10-14)17(25)11-15(18(19,20)21)22-23(17)16(24)12-6-3-2-4-7-12/h2-10,25H,11H2,1H3/t17-/m0/s1. The monoisotopic (exact) mass is 364 g/mol. The van der Waals surface area contributed by atoms with Crippen LogP contribution in [0.1, 0.15) is 22.3 Å². The highest BCUT2D eigenvalue weighted by molar-refractivity contribution is 5.99. The van der Waals surface area contributed by atoms with Crippen LogP contribution in [-0.2, 0) is 5.72 Å². The van der Waals surface area contributed by atoms with Crippen LogP contribution in [0.2, 0.25) is 0 Å². The summed E-state index contributed by atoms with van der Waals surface area (Å²) in [6.45, 7) is 0. The SMILES string of the molecule is COc1cccc([C@@]2(O)CC(C(F)(F)F)=NN2C(=O)c2ccccc2)c1. The summed E-state index contributed by atoms with van der Waals surface area (Å²) in [6, 6.07) is 13.6. The molecule has 0 spiro atoms. The number of carbonyl (C=O) groups is 1. The van der Waals surface area contributed by atoms with Gasteiger partial charge in [-0.1, -0.05) is 30.3 Å². The molecule has 0 unspecified atom stereocenters. The van der Waals surface area contributed by atoms with Crippen LogP contribution in [0.5, 0.6) is 5.75 Å². The number of rotatable bonds is 3. The third-order valence-corrected chi connectivity index (χ3v) is 4.06. The largest absolute Gasteiger partial charge is 0.497 e. The second-order valence-corrected chi connectivity index (χ2v) is 5.75. The summed E-state index contributed by atoms with van der Waals surface area (Å²) in [6.07, 6.45) is -5.64. The van der Waals surface area contributed by atoms with E-state index in [0.717, 1.165) is 0 Å². The molecule has 2 aromatic rings. The van der Waals surface area contributed by atoms with E-state index < -0.39 is 29.9 Å². The average Bonchev–Trinajstić information content (AvgIpc) is 3.01. The second-order valence-electron chi connectivity index (χ2n) is 5.75. The number of benzene rings is 2. The predicted octanol–water partition coefficient (Wildman–Crippen LogP) is 3.30. The molecule has 0 saturated heterocycles. The number of aliphatic hydroxyl groups is 1. The Labute approximate surface area is 147 Å². The molecule has 0 aromatic heterocycles. The summed E-state index contributed by atoms with van der Waals surface area (Å²) in [5.41, 5.74) is -3.32. The maximum Gasteiger partial charge on any atom is 0.431 e. The molecule has 0 saturated carbocycles. The van der Waals surface area contributed by atoms with E-state index in [1.807, 2.05) is 0 Å². The fourth-order valence-electron chi connectivity index (χ4n) is 2.72. The lowest BCUT2D eigenvalue weighted by atomic mass is 9.96. The van der Waals surface area contributed by atoms with Crippen LogP contribution < -0.4 is 4.74 Å². The molecule has 1 aliphatic rings. The third-order valence-electron chi connectivity index (χ3n) is 4.06. The van der Waals surface area contributed by atoms with Crippen LogP contribution in [-0.4, -0.2) is 35.0 Å². The topological polar surface area (TPSA) is 62.1 Å². The van der Waals surface area contributed by atoms with Crippen molar-refractivity contribution in [2.24, 2.45) is 5.10 Å². The van der Waals surface area contributed by atoms with Crippen molar-refractivity contribution in [1.29, 1.82) is 0 Å². The molecular formula is C18H15F3N2O3. The highest BCUT2D eigenvalue weighted by Crippen LogP contribution is 2.41. The summed E-state index contributed by atoms with van der Waals surface area (Å²) in [5, 5.41) is 14.9. The Morgan fingerprint density at radius 3 is 2.50 bits per heavy atom. The highest BCUT2D eigenvalue weighted by atomic mass is 19.4. The number of hydrogen-bond donors (Lipinski definition) is 1. The van der Waals surface area contributed by atoms with E-state index in [1.165, 1.54) is 37.4 Å². The first-order valence-electron chi connectivity index (χ1n) is 7.67. The molecule has 0 bridgehead atoms. The van der Waals surface area contributed by atoms with Crippen LogP contribution in [0.3, 0.4) is 0 Å². The number of nitrogens with zero attached hydrogens (tertiary/aromatic N) is 2. The minimum absolute atomic E-state index is 0.0733. The van der Waals surface area contributed by atoms with Gasteiger partial charge in [-0.05, 0) is 24.3 Å². The maximum atomic E-state index is 13.2. The van der Waals surface area contributed by atoms with E-state index in [9.17, 15) is 23.1 Å². The Kier molecular flexibility index (Phi) is 4.45. The molecule has 0 aliphatic carbocycles. The molecule has 1 heterocycles. The molecule has 1 N–H and O–H groups in total. The van der Waals surface area contributed by atoms with Gasteiger partial charge in [-0.15, -0.1) is 0 Å². The molecule has 5 nitrogen and oxygen atoms in total. The van der Waals surface area contributed by atoms with E-state index in [-0.39, 0.29) is 11.1 Å². The Hall–Kier alpha value is -2.87. The van der Waals surface area contributed by atoms with Crippen molar-refractivity contribution in [3.8, 4) is 5.75 Å². The average molecular weight is 364 g/mol. The molecule has 8 heteroatoms. The smallest absolute Gasteiger partial charge is 0.431 e. The number of hydrogen-bond acceptors (Lipinski definition) is 4. The minimum atomic E-state index is -4.77. The molecule has 1 atom stereocenters. The van der Waals surface area contributed by atoms with Gasteiger partial charge in [0.25, 0.3) is 5.91 Å². The van der Waals surface area contributed by atoms with Crippen molar-refractivity contribution >= 4 is 11.6 Å². The normalized spacial score (nSPS) is 20.0. The van der Waals surface area contributed by atoms with Crippen LogP contribution in [0.4, 0.5) is 13.2 Å². The van der Waals surface area contributed by atoms with Gasteiger partial charge in [-0.2, -0.15) is 23.3 Å². The molecule has 3 rings (SSSR count). The van der Waals surface area contributed by atoms with Gasteiger partial charge in [0, 0.05) is 11.1 Å². The van der Waals surface area contributed by atoms with Crippen LogP contribution in [0.25, 0.3) is 0 Å². The number of alkyl halides is 3. The van der Waals surface area contributed by atoms with Gasteiger partial charge in [-0.25, -0.2) is 0 Å². The molecule has 1 amide bonds. The number of carbonyl (C=O) groups excluding carboxylic acids is 1. The fraction of sp³-hybridized carbons (Fsp3) is 0.222. The summed E-state index contributed by atoms with van der Waals surface area (Å²) < 4.78 is 44.7. The first kappa shape index (κ1) is 17.9. The Balaban J connectivity index is 2.09. The molecule has 136 valence electrons. The van der Waals surface area contributed by atoms with Gasteiger partial charge in [-0.3, -0.25) is 4.79 Å². The summed E-state index contributed by atoms with van der Waals surface area (Å²) in [7, 11) is 1.39. The third kappa shape index (κ3) is 3.15. The molecule has 2 aromatic carbocycles. The molecule has 1 aliphatic heterocycles. The first-order chi connectivity index (χ1) is 12.3. The molecular weight excluding hydrogens is 349 g/mol. The zero-order chi connectivity index (χ0) is 18.9. The van der Waals surface area contributed by atoms with Crippen molar-refractivity contribution in [1.82, 2.24) is 5.01 Å². The predicted molar refractivity (Wildman–Crippen MR) is 87.6 cm³/mol. The quantitative estimate of drug-likeness (QED) is 0.909. The number of amides is 1. The Morgan fingerprint density at radius 1 is 1.19 bits per heavy atom. The zero-order valence-corrected chi connectivity index (χ0v) is 13.7. The van der Waals surface area contributed by atoms with E-state index in [0.29, 0.717) is 10.8 Å². The first-order valence-corrected chi connectivity index (χ1v) is 7.67. The fourth-order valence-corrected chi connectivity index (χ4v) is 2.72. The summed E-state index contributed by atoms with van der Waals surface area (Å²) in [4.78, 5) is 12.7. The van der Waals surface area contributed by atoms with Gasteiger partial charge in [0.15, 0.2) is 5.72 Å². The minimum Gasteiger partial charge on any atom is -0.497 e. The van der Waals surface area contributed by atoms with Gasteiger partial charge >= 0.3 is 6.18 Å². The zero-order valence-electron chi connectivity index (χ0n) is 13.7. The van der Waals surface area contributed by atoms with Crippen molar-refractivity contribution in [3.63, 3.8) is 0 Å². The van der Waals surface area contributed by atoms with Crippen molar-refractivity contribution in [3.05, 3.63) is 65.7 Å². The lowest BCUT2D eigenvalue weighted by Crippen LogP contribution is -2.43. The van der Waals surface area contributed by atoms with Crippen molar-refractivity contribution in [2.75, 3.05) is 7.11 Å². The van der Waals surface area contributed by atoms with Gasteiger partial charge in [0.2, 0.25) is 0 Å². The highest BCUT2D eigenvalue weighted by Gasteiger charge is 2.53. The van der Waals surface area contributed by atoms with Gasteiger partial charge in [0.05, 0.1) is 13.5 Å². The van der Waals surface area contributed by atoms with Crippen molar-refractivity contribution in [2.45, 2.75) is 18.3 Å². The lowest BCUT2D eigenvalue weighted by Gasteiger charge is -2.31. The number of halogens is 3.